The number of pyridine rings is 1. The van der Waals surface area contributed by atoms with E-state index < -0.39 is 0 Å². The van der Waals surface area contributed by atoms with Crippen molar-refractivity contribution in [1.82, 2.24) is 19.6 Å². The van der Waals surface area contributed by atoms with E-state index in [0.29, 0.717) is 11.3 Å². The molecule has 3 heterocycles. The highest BCUT2D eigenvalue weighted by molar-refractivity contribution is 5.90. The first-order valence-corrected chi connectivity index (χ1v) is 8.98. The maximum absolute atomic E-state index is 12.9. The van der Waals surface area contributed by atoms with E-state index >= 15 is 0 Å². The van der Waals surface area contributed by atoms with Crippen molar-refractivity contribution in [2.24, 2.45) is 0 Å². The van der Waals surface area contributed by atoms with Crippen LogP contribution in [0.4, 0.5) is 0 Å². The second kappa shape index (κ2) is 6.63. The fraction of sp³-hybridized carbons (Fsp3) is 0. The summed E-state index contributed by atoms with van der Waals surface area (Å²) in [5.74, 6) is 0. The molecule has 0 radical (unpaired) electrons. The van der Waals surface area contributed by atoms with Gasteiger partial charge >= 0.3 is 0 Å². The number of aromatic nitrogens is 4. The molecule has 2 aromatic carbocycles. The number of benzene rings is 2. The highest BCUT2D eigenvalue weighted by Gasteiger charge is 2.18. The summed E-state index contributed by atoms with van der Waals surface area (Å²) in [6, 6.07) is 25.2. The van der Waals surface area contributed by atoms with Crippen LogP contribution < -0.4 is 5.56 Å². The molecule has 0 spiro atoms. The lowest BCUT2D eigenvalue weighted by atomic mass is 10.0. The van der Waals surface area contributed by atoms with Crippen molar-refractivity contribution in [2.75, 3.05) is 0 Å². The van der Waals surface area contributed by atoms with Crippen LogP contribution >= 0.6 is 0 Å². The highest BCUT2D eigenvalue weighted by atomic mass is 16.1. The molecule has 5 aromatic rings. The molecule has 0 aliphatic rings. The van der Waals surface area contributed by atoms with Crippen LogP contribution in [0, 0.1) is 0 Å². The Labute approximate surface area is 161 Å². The number of hydrogen-bond acceptors (Lipinski definition) is 3. The summed E-state index contributed by atoms with van der Waals surface area (Å²) in [5.41, 5.74) is 5.69. The van der Waals surface area contributed by atoms with E-state index in [0.717, 1.165) is 27.9 Å². The van der Waals surface area contributed by atoms with Gasteiger partial charge in [-0.1, -0.05) is 60.7 Å². The fourth-order valence-corrected chi connectivity index (χ4v) is 3.40. The number of rotatable bonds is 3. The first-order valence-electron chi connectivity index (χ1n) is 8.98. The molecular weight excluding hydrogens is 348 g/mol. The minimum Gasteiger partial charge on any atom is -0.288 e. The van der Waals surface area contributed by atoms with Crippen LogP contribution in [0.15, 0.2) is 96.1 Å². The number of nitrogens with zero attached hydrogens (tertiary/aromatic N) is 3. The zero-order chi connectivity index (χ0) is 18.9. The topological polar surface area (TPSA) is 63.0 Å². The number of aromatic amines is 1. The fourth-order valence-electron chi connectivity index (χ4n) is 3.40. The van der Waals surface area contributed by atoms with Crippen LogP contribution in [0.5, 0.6) is 0 Å². The largest absolute Gasteiger partial charge is 0.288 e. The molecule has 0 bridgehead atoms. The van der Waals surface area contributed by atoms with Gasteiger partial charge < -0.3 is 0 Å². The highest BCUT2D eigenvalue weighted by Crippen LogP contribution is 2.34. The molecule has 1 N–H and O–H groups in total. The van der Waals surface area contributed by atoms with Gasteiger partial charge in [-0.3, -0.25) is 14.9 Å². The normalized spacial score (nSPS) is 11.0. The van der Waals surface area contributed by atoms with Crippen molar-refractivity contribution in [3.63, 3.8) is 0 Å². The third-order valence-electron chi connectivity index (χ3n) is 4.72. The summed E-state index contributed by atoms with van der Waals surface area (Å²) in [6.07, 6.45) is 3.40. The van der Waals surface area contributed by atoms with Gasteiger partial charge in [-0.2, -0.15) is 0 Å². The Kier molecular flexibility index (Phi) is 3.84. The van der Waals surface area contributed by atoms with Gasteiger partial charge in [0.05, 0.1) is 17.0 Å². The second-order valence-corrected chi connectivity index (χ2v) is 6.47. The summed E-state index contributed by atoms with van der Waals surface area (Å²) < 4.78 is 1.51. The Bertz CT molecular complexity index is 1310. The third-order valence-corrected chi connectivity index (χ3v) is 4.72. The molecule has 0 unspecified atom stereocenters. The maximum atomic E-state index is 12.9. The molecule has 0 saturated carbocycles. The van der Waals surface area contributed by atoms with Crippen LogP contribution in [0.25, 0.3) is 39.3 Å². The van der Waals surface area contributed by atoms with Crippen molar-refractivity contribution < 1.29 is 0 Å². The monoisotopic (exact) mass is 364 g/mol. The second-order valence-electron chi connectivity index (χ2n) is 6.47. The van der Waals surface area contributed by atoms with E-state index in [9.17, 15) is 4.79 Å². The Balaban J connectivity index is 1.86. The molecule has 0 fully saturated rings. The molecule has 28 heavy (non-hydrogen) atoms. The molecule has 0 amide bonds. The molecule has 5 rings (SSSR count). The van der Waals surface area contributed by atoms with Gasteiger partial charge in [0.25, 0.3) is 5.56 Å². The number of nitrogens with one attached hydrogen (secondary N) is 1. The average molecular weight is 364 g/mol. The number of fused-ring (bicyclic) bond motifs is 1. The predicted molar refractivity (Wildman–Crippen MR) is 110 cm³/mol. The van der Waals surface area contributed by atoms with Crippen molar-refractivity contribution >= 4 is 5.65 Å². The molecule has 5 heteroatoms. The van der Waals surface area contributed by atoms with Crippen molar-refractivity contribution in [1.29, 1.82) is 0 Å². The van der Waals surface area contributed by atoms with Crippen LogP contribution in [-0.4, -0.2) is 19.6 Å². The Morgan fingerprint density at radius 1 is 0.750 bits per heavy atom. The summed E-state index contributed by atoms with van der Waals surface area (Å²) in [7, 11) is 0. The van der Waals surface area contributed by atoms with Gasteiger partial charge in [0.1, 0.15) is 0 Å². The van der Waals surface area contributed by atoms with Crippen molar-refractivity contribution in [2.45, 2.75) is 0 Å². The van der Waals surface area contributed by atoms with Gasteiger partial charge in [-0.05, 0) is 17.7 Å². The van der Waals surface area contributed by atoms with Gasteiger partial charge in [0.2, 0.25) is 0 Å². The summed E-state index contributed by atoms with van der Waals surface area (Å²) in [5, 5.41) is 3.26. The Morgan fingerprint density at radius 3 is 2.07 bits per heavy atom. The minimum absolute atomic E-state index is 0.156. The molecule has 0 aliphatic heterocycles. The van der Waals surface area contributed by atoms with E-state index in [1.54, 1.807) is 18.5 Å². The standard InChI is InChI=1S/C23H16N4O/c28-20-15-19(16-11-13-24-14-12-16)25-23-21(17-7-3-1-4-8-17)22(26-27(20)23)18-9-5-2-6-10-18/h1-15,26H. The van der Waals surface area contributed by atoms with Crippen LogP contribution in [0.2, 0.25) is 0 Å². The van der Waals surface area contributed by atoms with E-state index in [-0.39, 0.29) is 5.56 Å². The van der Waals surface area contributed by atoms with Crippen molar-refractivity contribution in [3.8, 4) is 33.6 Å². The smallest absolute Gasteiger partial charge is 0.273 e. The lowest BCUT2D eigenvalue weighted by Gasteiger charge is -2.05. The summed E-state index contributed by atoms with van der Waals surface area (Å²) in [6.45, 7) is 0. The molecule has 0 atom stereocenters. The molecule has 5 nitrogen and oxygen atoms in total. The van der Waals surface area contributed by atoms with E-state index in [4.69, 9.17) is 4.98 Å². The minimum atomic E-state index is -0.156. The first-order chi connectivity index (χ1) is 13.8. The first kappa shape index (κ1) is 16.2. The van der Waals surface area contributed by atoms with E-state index in [2.05, 4.69) is 10.1 Å². The zero-order valence-corrected chi connectivity index (χ0v) is 14.9. The number of hydrogen-bond donors (Lipinski definition) is 1. The molecular formula is C23H16N4O. The molecule has 134 valence electrons. The lowest BCUT2D eigenvalue weighted by Crippen LogP contribution is -2.14. The molecule has 0 aliphatic carbocycles. The summed E-state index contributed by atoms with van der Waals surface area (Å²) >= 11 is 0. The maximum Gasteiger partial charge on any atom is 0.273 e. The Morgan fingerprint density at radius 2 is 1.39 bits per heavy atom. The molecule has 0 saturated heterocycles. The van der Waals surface area contributed by atoms with Gasteiger partial charge in [0, 0.05) is 29.6 Å². The predicted octanol–water partition coefficient (Wildman–Crippen LogP) is 4.42. The van der Waals surface area contributed by atoms with Crippen molar-refractivity contribution in [3.05, 3.63) is 102 Å². The van der Waals surface area contributed by atoms with Crippen LogP contribution in [-0.2, 0) is 0 Å². The third kappa shape index (κ3) is 2.70. The molecule has 3 aromatic heterocycles. The van der Waals surface area contributed by atoms with Crippen LogP contribution in [0.1, 0.15) is 0 Å². The summed E-state index contributed by atoms with van der Waals surface area (Å²) in [4.78, 5) is 21.8. The van der Waals surface area contributed by atoms with Gasteiger partial charge in [0.15, 0.2) is 5.65 Å². The lowest BCUT2D eigenvalue weighted by molar-refractivity contribution is 0.904. The number of H-pyrrole nitrogens is 1. The average Bonchev–Trinajstić information content (AvgIpc) is 3.16. The SMILES string of the molecule is O=c1cc(-c2ccncc2)nc2c(-c3ccccc3)c(-c3ccccc3)[nH]n12. The van der Waals surface area contributed by atoms with E-state index in [1.165, 1.54) is 4.52 Å². The van der Waals surface area contributed by atoms with Gasteiger partial charge in [-0.25, -0.2) is 9.50 Å². The quantitative estimate of drug-likeness (QED) is 0.515. The zero-order valence-electron chi connectivity index (χ0n) is 14.9. The van der Waals surface area contributed by atoms with Gasteiger partial charge in [-0.15, -0.1) is 0 Å². The van der Waals surface area contributed by atoms with Crippen LogP contribution in [0.3, 0.4) is 0 Å². The Hall–Kier alpha value is -3.99. The van der Waals surface area contributed by atoms with E-state index in [1.807, 2.05) is 72.8 Å².